The highest BCUT2D eigenvalue weighted by atomic mass is 16.5. The first kappa shape index (κ1) is 19.0. The highest BCUT2D eigenvalue weighted by Gasteiger charge is 2.07. The maximum Gasteiger partial charge on any atom is 0.305 e. The molecule has 2 nitrogen and oxygen atoms in total. The smallest absolute Gasteiger partial charge is 0.305 e. The molecule has 0 saturated heterocycles. The Bertz CT molecular complexity index is 331. The molecule has 0 saturated carbocycles. The zero-order chi connectivity index (χ0) is 15.9. The van der Waals surface area contributed by atoms with E-state index in [4.69, 9.17) is 4.74 Å². The lowest BCUT2D eigenvalue weighted by atomic mass is 10.00. The SMILES string of the molecule is CCOC(=O)CCCC/C=C\CCCCCCC1C=CCC1. The van der Waals surface area contributed by atoms with Crippen molar-refractivity contribution in [1.29, 1.82) is 0 Å². The van der Waals surface area contributed by atoms with Crippen molar-refractivity contribution in [3.8, 4) is 0 Å². The van der Waals surface area contributed by atoms with E-state index < -0.39 is 0 Å². The van der Waals surface area contributed by atoms with Gasteiger partial charge in [-0.15, -0.1) is 0 Å². The van der Waals surface area contributed by atoms with Gasteiger partial charge >= 0.3 is 5.97 Å². The second-order valence-electron chi connectivity index (χ2n) is 6.28. The number of carbonyl (C=O) groups is 1. The number of unbranched alkanes of at least 4 members (excludes halogenated alkanes) is 6. The maximum atomic E-state index is 11.1. The van der Waals surface area contributed by atoms with Gasteiger partial charge in [0.25, 0.3) is 0 Å². The van der Waals surface area contributed by atoms with Gasteiger partial charge in [0.1, 0.15) is 0 Å². The first-order valence-corrected chi connectivity index (χ1v) is 9.30. The molecule has 0 heterocycles. The molecule has 1 rings (SSSR count). The van der Waals surface area contributed by atoms with Crippen molar-refractivity contribution < 1.29 is 9.53 Å². The minimum atomic E-state index is -0.0559. The predicted molar refractivity (Wildman–Crippen MR) is 93.8 cm³/mol. The number of rotatable bonds is 13. The Morgan fingerprint density at radius 3 is 2.50 bits per heavy atom. The molecule has 126 valence electrons. The second-order valence-corrected chi connectivity index (χ2v) is 6.28. The number of hydrogen-bond donors (Lipinski definition) is 0. The molecular weight excluding hydrogens is 272 g/mol. The van der Waals surface area contributed by atoms with Crippen LogP contribution in [0, 0.1) is 5.92 Å². The second kappa shape index (κ2) is 13.6. The molecule has 1 aliphatic rings. The van der Waals surface area contributed by atoms with E-state index in [9.17, 15) is 4.79 Å². The average Bonchev–Trinajstić information content (AvgIpc) is 3.02. The van der Waals surface area contributed by atoms with E-state index >= 15 is 0 Å². The predicted octanol–water partition coefficient (Wildman–Crippen LogP) is 5.97. The number of ether oxygens (including phenoxy) is 1. The van der Waals surface area contributed by atoms with Crippen molar-refractivity contribution in [2.45, 2.75) is 84.0 Å². The van der Waals surface area contributed by atoms with Crippen molar-refractivity contribution >= 4 is 5.97 Å². The first-order valence-electron chi connectivity index (χ1n) is 9.30. The maximum absolute atomic E-state index is 11.1. The molecule has 1 atom stereocenters. The Labute approximate surface area is 137 Å². The summed E-state index contributed by atoms with van der Waals surface area (Å²) in [5.74, 6) is 0.828. The molecule has 0 aromatic heterocycles. The molecule has 0 spiro atoms. The van der Waals surface area contributed by atoms with Gasteiger partial charge in [-0.3, -0.25) is 4.79 Å². The van der Waals surface area contributed by atoms with Crippen LogP contribution in [0.15, 0.2) is 24.3 Å². The van der Waals surface area contributed by atoms with Gasteiger partial charge in [0.05, 0.1) is 6.61 Å². The summed E-state index contributed by atoms with van der Waals surface area (Å²) in [7, 11) is 0. The van der Waals surface area contributed by atoms with Gasteiger partial charge in [0.2, 0.25) is 0 Å². The Morgan fingerprint density at radius 1 is 1.09 bits per heavy atom. The fourth-order valence-electron chi connectivity index (χ4n) is 2.96. The zero-order valence-corrected chi connectivity index (χ0v) is 14.4. The fraction of sp³-hybridized carbons (Fsp3) is 0.750. The van der Waals surface area contributed by atoms with Crippen molar-refractivity contribution in [2.24, 2.45) is 5.92 Å². The third kappa shape index (κ3) is 10.6. The van der Waals surface area contributed by atoms with Crippen LogP contribution in [0.2, 0.25) is 0 Å². The minimum Gasteiger partial charge on any atom is -0.466 e. The Morgan fingerprint density at radius 2 is 1.82 bits per heavy atom. The summed E-state index contributed by atoms with van der Waals surface area (Å²) < 4.78 is 4.91. The summed E-state index contributed by atoms with van der Waals surface area (Å²) in [4.78, 5) is 11.1. The highest BCUT2D eigenvalue weighted by molar-refractivity contribution is 5.69. The quantitative estimate of drug-likeness (QED) is 0.238. The Hall–Kier alpha value is -1.05. The van der Waals surface area contributed by atoms with Gasteiger partial charge in [-0.05, 0) is 64.2 Å². The standard InChI is InChI=1S/C20H34O2/c1-2-22-20(21)18-12-10-8-6-4-3-5-7-9-11-15-19-16-13-14-17-19/h4,6,13,16,19H,2-3,5,7-12,14-15,17-18H2,1H3/b6-4-. The topological polar surface area (TPSA) is 26.3 Å². The van der Waals surface area contributed by atoms with E-state index in [1.807, 2.05) is 6.92 Å². The molecule has 0 amide bonds. The normalized spacial score (nSPS) is 17.4. The van der Waals surface area contributed by atoms with E-state index in [1.165, 1.54) is 51.4 Å². The lowest BCUT2D eigenvalue weighted by molar-refractivity contribution is -0.143. The number of allylic oxidation sites excluding steroid dienone is 4. The molecule has 0 aliphatic heterocycles. The van der Waals surface area contributed by atoms with Crippen molar-refractivity contribution in [1.82, 2.24) is 0 Å². The number of carbonyl (C=O) groups excluding carboxylic acids is 1. The lowest BCUT2D eigenvalue weighted by Gasteiger charge is -2.06. The third-order valence-corrected chi connectivity index (χ3v) is 4.28. The molecular formula is C20H34O2. The average molecular weight is 306 g/mol. The van der Waals surface area contributed by atoms with Crippen molar-refractivity contribution in [3.05, 3.63) is 24.3 Å². The fourth-order valence-corrected chi connectivity index (χ4v) is 2.96. The van der Waals surface area contributed by atoms with Crippen LogP contribution in [0.5, 0.6) is 0 Å². The molecule has 0 aromatic carbocycles. The van der Waals surface area contributed by atoms with Gasteiger partial charge in [-0.25, -0.2) is 0 Å². The van der Waals surface area contributed by atoms with Gasteiger partial charge in [-0.2, -0.15) is 0 Å². The van der Waals surface area contributed by atoms with Crippen LogP contribution in [0.4, 0.5) is 0 Å². The molecule has 0 aromatic rings. The van der Waals surface area contributed by atoms with Crippen molar-refractivity contribution in [3.63, 3.8) is 0 Å². The Balaban J connectivity index is 1.78. The lowest BCUT2D eigenvalue weighted by Crippen LogP contribution is -2.02. The molecule has 0 fully saturated rings. The monoisotopic (exact) mass is 306 g/mol. The van der Waals surface area contributed by atoms with Crippen LogP contribution in [-0.2, 0) is 9.53 Å². The summed E-state index contributed by atoms with van der Waals surface area (Å²) in [5.41, 5.74) is 0. The van der Waals surface area contributed by atoms with Gasteiger partial charge < -0.3 is 4.74 Å². The van der Waals surface area contributed by atoms with Crippen LogP contribution in [-0.4, -0.2) is 12.6 Å². The molecule has 22 heavy (non-hydrogen) atoms. The van der Waals surface area contributed by atoms with Crippen LogP contribution in [0.1, 0.15) is 84.0 Å². The van der Waals surface area contributed by atoms with E-state index in [1.54, 1.807) is 0 Å². The van der Waals surface area contributed by atoms with Crippen LogP contribution < -0.4 is 0 Å². The summed E-state index contributed by atoms with van der Waals surface area (Å²) >= 11 is 0. The summed E-state index contributed by atoms with van der Waals surface area (Å²) in [6.45, 7) is 2.35. The summed E-state index contributed by atoms with van der Waals surface area (Å²) in [6, 6.07) is 0. The number of hydrogen-bond acceptors (Lipinski definition) is 2. The molecule has 0 bridgehead atoms. The van der Waals surface area contributed by atoms with Crippen LogP contribution >= 0.6 is 0 Å². The minimum absolute atomic E-state index is 0.0559. The molecule has 2 heteroatoms. The third-order valence-electron chi connectivity index (χ3n) is 4.28. The van der Waals surface area contributed by atoms with Crippen LogP contribution in [0.3, 0.4) is 0 Å². The molecule has 0 N–H and O–H groups in total. The zero-order valence-electron chi connectivity index (χ0n) is 14.4. The van der Waals surface area contributed by atoms with Crippen LogP contribution in [0.25, 0.3) is 0 Å². The van der Waals surface area contributed by atoms with E-state index in [-0.39, 0.29) is 5.97 Å². The van der Waals surface area contributed by atoms with Crippen molar-refractivity contribution in [2.75, 3.05) is 6.61 Å². The molecule has 1 unspecified atom stereocenters. The van der Waals surface area contributed by atoms with E-state index in [2.05, 4.69) is 24.3 Å². The van der Waals surface area contributed by atoms with Gasteiger partial charge in [-0.1, -0.05) is 43.6 Å². The Kier molecular flexibility index (Phi) is 11.7. The first-order chi connectivity index (χ1) is 10.8. The van der Waals surface area contributed by atoms with E-state index in [0.717, 1.165) is 25.2 Å². The van der Waals surface area contributed by atoms with E-state index in [0.29, 0.717) is 13.0 Å². The highest BCUT2D eigenvalue weighted by Crippen LogP contribution is 2.23. The summed E-state index contributed by atoms with van der Waals surface area (Å²) in [6.07, 6.45) is 23.8. The molecule has 0 radical (unpaired) electrons. The van der Waals surface area contributed by atoms with Gasteiger partial charge in [0.15, 0.2) is 0 Å². The molecule has 1 aliphatic carbocycles. The summed E-state index contributed by atoms with van der Waals surface area (Å²) in [5, 5.41) is 0. The largest absolute Gasteiger partial charge is 0.466 e. The van der Waals surface area contributed by atoms with Gasteiger partial charge in [0, 0.05) is 6.42 Å². The number of esters is 1.